The molecule has 0 radical (unpaired) electrons. The molecule has 1 rings (SSSR count). The van der Waals surface area contributed by atoms with Crippen LogP contribution in [0.15, 0.2) is 30.4 Å². The van der Waals surface area contributed by atoms with E-state index in [1.165, 1.54) is 0 Å². The summed E-state index contributed by atoms with van der Waals surface area (Å²) in [5, 5.41) is 0. The number of ketones is 1. The molecule has 0 N–H and O–H groups in total. The lowest BCUT2D eigenvalue weighted by atomic mass is 10.1. The van der Waals surface area contributed by atoms with Crippen molar-refractivity contribution in [1.29, 1.82) is 0 Å². The van der Waals surface area contributed by atoms with E-state index in [1.54, 1.807) is 13.2 Å². The first-order valence-electron chi connectivity index (χ1n) is 5.55. The number of Topliss-reactive ketones (excluding diaryl/α,β-unsaturated/α-hetero) is 1. The van der Waals surface area contributed by atoms with Gasteiger partial charge in [0.2, 0.25) is 0 Å². The average Bonchev–Trinajstić information content (AvgIpc) is 2.34. The van der Waals surface area contributed by atoms with Gasteiger partial charge in [-0.2, -0.15) is 0 Å². The summed E-state index contributed by atoms with van der Waals surface area (Å²) in [5.74, 6) is 0.538. The third-order valence-electron chi connectivity index (χ3n) is 2.34. The summed E-state index contributed by atoms with van der Waals surface area (Å²) >= 11 is 0. The monoisotopic (exact) mass is 234 g/mol. The number of methoxy groups -OCH3 is 1. The predicted octanol–water partition coefficient (Wildman–Crippen LogP) is 2.78. The maximum absolute atomic E-state index is 11.9. The Morgan fingerprint density at radius 2 is 2.18 bits per heavy atom. The molecule has 0 amide bonds. The molecule has 0 atom stereocenters. The van der Waals surface area contributed by atoms with Crippen LogP contribution in [-0.2, 0) is 4.74 Å². The molecular weight excluding hydrogens is 216 g/mol. The Hall–Kier alpha value is -1.61. The Morgan fingerprint density at radius 3 is 2.82 bits per heavy atom. The van der Waals surface area contributed by atoms with E-state index in [2.05, 4.69) is 0 Å². The predicted molar refractivity (Wildman–Crippen MR) is 67.7 cm³/mol. The molecule has 0 bridgehead atoms. The Labute approximate surface area is 102 Å². The first kappa shape index (κ1) is 13.5. The molecule has 1 aromatic rings. The lowest BCUT2D eigenvalue weighted by molar-refractivity contribution is 0.0803. The molecule has 0 aliphatic carbocycles. The van der Waals surface area contributed by atoms with Crippen molar-refractivity contribution in [3.8, 4) is 5.75 Å². The van der Waals surface area contributed by atoms with Gasteiger partial charge in [0.05, 0.1) is 19.3 Å². The minimum atomic E-state index is -0.0636. The highest BCUT2D eigenvalue weighted by atomic mass is 16.5. The second-order valence-corrected chi connectivity index (χ2v) is 3.71. The number of aryl methyl sites for hydroxylation is 1. The fourth-order valence-electron chi connectivity index (χ4n) is 1.42. The number of carbonyl (C=O) groups excluding carboxylic acids is 1. The molecule has 0 heterocycles. The van der Waals surface area contributed by atoms with Crippen molar-refractivity contribution in [2.45, 2.75) is 13.8 Å². The molecule has 0 unspecified atom stereocenters. The van der Waals surface area contributed by atoms with Crippen LogP contribution in [0, 0.1) is 6.92 Å². The number of hydrogen-bond acceptors (Lipinski definition) is 3. The second-order valence-electron chi connectivity index (χ2n) is 3.71. The zero-order valence-corrected chi connectivity index (χ0v) is 10.5. The molecule has 0 aromatic heterocycles. The number of ether oxygens (including phenoxy) is 2. The lowest BCUT2D eigenvalue weighted by Gasteiger charge is -2.08. The summed E-state index contributed by atoms with van der Waals surface area (Å²) in [4.78, 5) is 11.9. The van der Waals surface area contributed by atoms with Gasteiger partial charge in [-0.3, -0.25) is 4.79 Å². The molecule has 0 saturated heterocycles. The molecule has 3 nitrogen and oxygen atoms in total. The van der Waals surface area contributed by atoms with Crippen molar-refractivity contribution < 1.29 is 14.3 Å². The maximum Gasteiger partial charge on any atom is 0.192 e. The van der Waals surface area contributed by atoms with Gasteiger partial charge in [0.15, 0.2) is 5.78 Å². The zero-order valence-electron chi connectivity index (χ0n) is 10.5. The van der Waals surface area contributed by atoms with Crippen molar-refractivity contribution in [3.05, 3.63) is 41.5 Å². The highest BCUT2D eigenvalue weighted by Crippen LogP contribution is 2.20. The summed E-state index contributed by atoms with van der Waals surface area (Å²) in [6.07, 6.45) is 3.75. The number of benzene rings is 1. The Morgan fingerprint density at radius 1 is 1.41 bits per heavy atom. The van der Waals surface area contributed by atoms with Crippen molar-refractivity contribution in [2.75, 3.05) is 20.3 Å². The molecule has 0 aliphatic heterocycles. The van der Waals surface area contributed by atoms with Crippen molar-refractivity contribution >= 4 is 5.78 Å². The molecule has 0 spiro atoms. The number of rotatable bonds is 6. The normalized spacial score (nSPS) is 10.8. The Kier molecular flexibility index (Phi) is 5.43. The smallest absolute Gasteiger partial charge is 0.192 e. The molecule has 0 aliphatic rings. The van der Waals surface area contributed by atoms with E-state index in [1.807, 2.05) is 38.1 Å². The third-order valence-corrected chi connectivity index (χ3v) is 2.34. The fourth-order valence-corrected chi connectivity index (χ4v) is 1.42. The van der Waals surface area contributed by atoms with Crippen LogP contribution in [0.2, 0.25) is 0 Å². The third kappa shape index (κ3) is 4.04. The highest BCUT2D eigenvalue weighted by molar-refractivity contribution is 5.99. The zero-order chi connectivity index (χ0) is 12.7. The Bertz CT molecular complexity index is 408. The van der Waals surface area contributed by atoms with E-state index in [0.717, 1.165) is 5.56 Å². The average molecular weight is 234 g/mol. The van der Waals surface area contributed by atoms with Gasteiger partial charge in [0.1, 0.15) is 12.4 Å². The van der Waals surface area contributed by atoms with Crippen LogP contribution >= 0.6 is 0 Å². The van der Waals surface area contributed by atoms with Crippen molar-refractivity contribution in [2.24, 2.45) is 0 Å². The van der Waals surface area contributed by atoms with Gasteiger partial charge in [0, 0.05) is 0 Å². The van der Waals surface area contributed by atoms with Gasteiger partial charge in [-0.15, -0.1) is 0 Å². The molecule has 0 saturated carbocycles. The number of allylic oxidation sites excluding steroid dienone is 1. The van der Waals surface area contributed by atoms with E-state index in [0.29, 0.717) is 17.9 Å². The van der Waals surface area contributed by atoms with Crippen LogP contribution in [0.5, 0.6) is 5.75 Å². The van der Waals surface area contributed by atoms with Gasteiger partial charge < -0.3 is 9.47 Å². The molecule has 3 heteroatoms. The van der Waals surface area contributed by atoms with E-state index >= 15 is 0 Å². The molecule has 1 aromatic carbocycles. The highest BCUT2D eigenvalue weighted by Gasteiger charge is 2.11. The van der Waals surface area contributed by atoms with Crippen LogP contribution in [0.3, 0.4) is 0 Å². The lowest BCUT2D eigenvalue weighted by Crippen LogP contribution is -2.10. The van der Waals surface area contributed by atoms with E-state index < -0.39 is 0 Å². The first-order valence-corrected chi connectivity index (χ1v) is 5.55. The largest absolute Gasteiger partial charge is 0.496 e. The molecule has 0 fully saturated rings. The van der Waals surface area contributed by atoms with Gasteiger partial charge in [-0.1, -0.05) is 18.2 Å². The standard InChI is InChI=1S/C14H18O3/c1-4-5-8-17-10-13(15)12-7-6-11(2)9-14(12)16-3/h4-7,9H,8,10H2,1-3H3. The van der Waals surface area contributed by atoms with E-state index in [9.17, 15) is 4.79 Å². The second kappa shape index (κ2) is 6.86. The minimum Gasteiger partial charge on any atom is -0.496 e. The van der Waals surface area contributed by atoms with Crippen molar-refractivity contribution in [1.82, 2.24) is 0 Å². The molecule has 92 valence electrons. The van der Waals surface area contributed by atoms with Crippen LogP contribution in [-0.4, -0.2) is 26.1 Å². The maximum atomic E-state index is 11.9. The van der Waals surface area contributed by atoms with Crippen LogP contribution in [0.4, 0.5) is 0 Å². The fraction of sp³-hybridized carbons (Fsp3) is 0.357. The van der Waals surface area contributed by atoms with Crippen LogP contribution in [0.1, 0.15) is 22.8 Å². The van der Waals surface area contributed by atoms with Crippen LogP contribution < -0.4 is 4.74 Å². The number of hydrogen-bond donors (Lipinski definition) is 0. The summed E-state index contributed by atoms with van der Waals surface area (Å²) < 4.78 is 10.4. The minimum absolute atomic E-state index is 0.0636. The van der Waals surface area contributed by atoms with Crippen molar-refractivity contribution in [3.63, 3.8) is 0 Å². The summed E-state index contributed by atoms with van der Waals surface area (Å²) in [6, 6.07) is 5.51. The summed E-state index contributed by atoms with van der Waals surface area (Å²) in [6.45, 7) is 4.40. The Balaban J connectivity index is 2.68. The number of carbonyl (C=O) groups is 1. The first-order chi connectivity index (χ1) is 8.19. The van der Waals surface area contributed by atoms with Gasteiger partial charge >= 0.3 is 0 Å². The van der Waals surface area contributed by atoms with E-state index in [-0.39, 0.29) is 12.4 Å². The summed E-state index contributed by atoms with van der Waals surface area (Å²) in [7, 11) is 1.56. The summed E-state index contributed by atoms with van der Waals surface area (Å²) in [5.41, 5.74) is 1.63. The van der Waals surface area contributed by atoms with Gasteiger partial charge in [-0.25, -0.2) is 0 Å². The molecule has 17 heavy (non-hydrogen) atoms. The van der Waals surface area contributed by atoms with Crippen LogP contribution in [0.25, 0.3) is 0 Å². The quantitative estimate of drug-likeness (QED) is 0.431. The van der Waals surface area contributed by atoms with Gasteiger partial charge in [0.25, 0.3) is 0 Å². The van der Waals surface area contributed by atoms with E-state index in [4.69, 9.17) is 9.47 Å². The molecular formula is C14H18O3. The topological polar surface area (TPSA) is 35.5 Å². The SMILES string of the molecule is CC=CCOCC(=O)c1ccc(C)cc1OC. The van der Waals surface area contributed by atoms with Gasteiger partial charge in [-0.05, 0) is 31.5 Å².